The molecule has 3 aromatic rings. The van der Waals surface area contributed by atoms with E-state index in [1.807, 2.05) is 0 Å². The lowest BCUT2D eigenvalue weighted by molar-refractivity contribution is -0.202. The summed E-state index contributed by atoms with van der Waals surface area (Å²) < 4.78 is 68.0. The van der Waals surface area contributed by atoms with Crippen LogP contribution >= 0.6 is 7.75 Å². The van der Waals surface area contributed by atoms with Gasteiger partial charge < -0.3 is 24.4 Å². The number of anilines is 1. The summed E-state index contributed by atoms with van der Waals surface area (Å²) in [5, 5.41) is 16.0. The lowest BCUT2D eigenvalue weighted by Crippen LogP contribution is -2.47. The Balaban J connectivity index is 1.61. The molecular formula is C24H31F2N6O7P. The van der Waals surface area contributed by atoms with Gasteiger partial charge in [-0.2, -0.15) is 5.09 Å². The van der Waals surface area contributed by atoms with E-state index in [-0.39, 0.29) is 23.5 Å². The van der Waals surface area contributed by atoms with E-state index >= 15 is 8.78 Å². The van der Waals surface area contributed by atoms with E-state index in [9.17, 15) is 14.5 Å². The number of aliphatic hydroxyl groups is 1. The molecule has 2 aromatic heterocycles. The molecule has 1 saturated heterocycles. The summed E-state index contributed by atoms with van der Waals surface area (Å²) in [4.78, 5) is 24.8. The highest BCUT2D eigenvalue weighted by molar-refractivity contribution is 7.52. The van der Waals surface area contributed by atoms with Crippen molar-refractivity contribution in [2.75, 3.05) is 25.6 Å². The molecule has 0 unspecified atom stereocenters. The highest BCUT2D eigenvalue weighted by Gasteiger charge is 2.65. The second kappa shape index (κ2) is 11.3. The fourth-order valence-electron chi connectivity index (χ4n) is 4.17. The maximum Gasteiger partial charge on any atom is 0.459 e. The number of nitrogens with one attached hydrogen (secondary N) is 2. The van der Waals surface area contributed by atoms with Gasteiger partial charge >= 0.3 is 13.7 Å². The predicted molar refractivity (Wildman–Crippen MR) is 139 cm³/mol. The molecule has 6 atom stereocenters. The third-order valence-corrected chi connectivity index (χ3v) is 7.77. The molecule has 3 heterocycles. The standard InChI is InChI=1S/C24H31F2N6O7P/c1-6-36-20(33)14(2)31-40(35,39-16-10-8-7-9-11-16)37-12-24(26)21(34)23(4,25)22(38-24)32-13-28-17-18(27-5)29-15(3)30-19(17)32/h7-11,13-14,21-22,34H,6,12H2,1-5H3,(H,31,35)(H,27,29,30)/t14-,21+,22-,23-,24-,40+/m1/s1. The first-order valence-corrected chi connectivity index (χ1v) is 13.9. The van der Waals surface area contributed by atoms with E-state index in [1.165, 1.54) is 25.4 Å². The number of benzene rings is 1. The van der Waals surface area contributed by atoms with E-state index in [2.05, 4.69) is 25.4 Å². The van der Waals surface area contributed by atoms with Gasteiger partial charge in [-0.1, -0.05) is 18.2 Å². The van der Waals surface area contributed by atoms with Crippen molar-refractivity contribution in [3.8, 4) is 5.75 Å². The average Bonchev–Trinajstić information content (AvgIpc) is 3.40. The number of carbonyl (C=O) groups excluding carboxylic acids is 1. The van der Waals surface area contributed by atoms with E-state index in [0.29, 0.717) is 11.6 Å². The van der Waals surface area contributed by atoms with Crippen LogP contribution in [0.15, 0.2) is 36.7 Å². The van der Waals surface area contributed by atoms with E-state index in [0.717, 1.165) is 11.5 Å². The highest BCUT2D eigenvalue weighted by Crippen LogP contribution is 2.52. The molecule has 0 spiro atoms. The van der Waals surface area contributed by atoms with Gasteiger partial charge in [0.2, 0.25) is 0 Å². The molecule has 40 heavy (non-hydrogen) atoms. The minimum Gasteiger partial charge on any atom is -0.465 e. The molecule has 3 N–H and O–H groups in total. The Hall–Kier alpha value is -3.23. The maximum atomic E-state index is 16.1. The van der Waals surface area contributed by atoms with Crippen molar-refractivity contribution in [1.82, 2.24) is 24.6 Å². The lowest BCUT2D eigenvalue weighted by atomic mass is 9.97. The molecule has 0 aliphatic carbocycles. The number of para-hydroxylation sites is 1. The third-order valence-electron chi connectivity index (χ3n) is 6.15. The number of imidazole rings is 1. The smallest absolute Gasteiger partial charge is 0.459 e. The molecular weight excluding hydrogens is 553 g/mol. The number of rotatable bonds is 11. The maximum absolute atomic E-state index is 16.1. The SMILES string of the molecule is CCOC(=O)[C@@H](C)N[P@](=O)(OC[C@@]1(F)O[C@@H](n2cnc3c(NC)nc(C)nc32)[C@](C)(F)[C@@H]1O)Oc1ccccc1. The van der Waals surface area contributed by atoms with Crippen LogP contribution in [-0.2, 0) is 23.4 Å². The van der Waals surface area contributed by atoms with Crippen LogP contribution in [-0.4, -0.2) is 74.5 Å². The van der Waals surface area contributed by atoms with E-state index < -0.39 is 50.2 Å². The first kappa shape index (κ1) is 29.7. The molecule has 4 rings (SSSR count). The van der Waals surface area contributed by atoms with E-state index in [4.69, 9.17) is 18.5 Å². The third kappa shape index (κ3) is 5.79. The van der Waals surface area contributed by atoms with Crippen molar-refractivity contribution in [2.45, 2.75) is 57.6 Å². The fourth-order valence-corrected chi connectivity index (χ4v) is 5.68. The summed E-state index contributed by atoms with van der Waals surface area (Å²) in [6.45, 7) is 4.31. The fraction of sp³-hybridized carbons (Fsp3) is 0.500. The zero-order valence-corrected chi connectivity index (χ0v) is 23.4. The summed E-state index contributed by atoms with van der Waals surface area (Å²) in [5.41, 5.74) is -2.32. The van der Waals surface area contributed by atoms with Gasteiger partial charge in [-0.15, -0.1) is 0 Å². The molecule has 1 aromatic carbocycles. The van der Waals surface area contributed by atoms with Crippen LogP contribution in [0.5, 0.6) is 5.75 Å². The summed E-state index contributed by atoms with van der Waals surface area (Å²) in [5.74, 6) is -3.21. The quantitative estimate of drug-likeness (QED) is 0.224. The number of esters is 1. The van der Waals surface area contributed by atoms with Crippen molar-refractivity contribution in [2.24, 2.45) is 0 Å². The molecule has 1 fully saturated rings. The second-order valence-electron chi connectivity index (χ2n) is 9.28. The molecule has 0 saturated carbocycles. The number of halogens is 2. The summed E-state index contributed by atoms with van der Waals surface area (Å²) in [6, 6.07) is 6.59. The molecule has 0 radical (unpaired) electrons. The van der Waals surface area contributed by atoms with Crippen molar-refractivity contribution in [3.05, 3.63) is 42.5 Å². The Kier molecular flexibility index (Phi) is 8.43. The van der Waals surface area contributed by atoms with Crippen LogP contribution in [0.1, 0.15) is 32.8 Å². The minimum absolute atomic E-state index is 0.0584. The average molecular weight is 585 g/mol. The summed E-state index contributed by atoms with van der Waals surface area (Å²) in [7, 11) is -2.91. The van der Waals surface area contributed by atoms with Crippen LogP contribution in [0.3, 0.4) is 0 Å². The Bertz CT molecular complexity index is 1410. The van der Waals surface area contributed by atoms with Gasteiger partial charge in [-0.3, -0.25) is 13.9 Å². The summed E-state index contributed by atoms with van der Waals surface area (Å²) in [6.07, 6.45) is -2.96. The molecule has 16 heteroatoms. The topological polar surface area (TPSA) is 159 Å². The first-order chi connectivity index (χ1) is 18.8. The second-order valence-corrected chi connectivity index (χ2v) is 11.0. The van der Waals surface area contributed by atoms with E-state index in [1.54, 1.807) is 39.1 Å². The van der Waals surface area contributed by atoms with Crippen LogP contribution < -0.4 is 14.9 Å². The predicted octanol–water partition coefficient (Wildman–Crippen LogP) is 3.21. The molecule has 1 aliphatic rings. The molecule has 218 valence electrons. The van der Waals surface area contributed by atoms with Gasteiger partial charge in [0.15, 0.2) is 35.0 Å². The number of hydrogen-bond donors (Lipinski definition) is 3. The number of fused-ring (bicyclic) bond motifs is 1. The zero-order valence-electron chi connectivity index (χ0n) is 22.5. The number of carbonyl (C=O) groups is 1. The largest absolute Gasteiger partial charge is 0.465 e. The molecule has 1 aliphatic heterocycles. The van der Waals surface area contributed by atoms with Crippen LogP contribution in [0, 0.1) is 6.92 Å². The number of aromatic nitrogens is 4. The van der Waals surface area contributed by atoms with Gasteiger partial charge in [0.25, 0.3) is 5.85 Å². The van der Waals surface area contributed by atoms with Crippen LogP contribution in [0.25, 0.3) is 11.2 Å². The zero-order chi connectivity index (χ0) is 29.3. The highest BCUT2D eigenvalue weighted by atomic mass is 31.2. The number of ether oxygens (including phenoxy) is 2. The number of hydrogen-bond acceptors (Lipinski definition) is 11. The summed E-state index contributed by atoms with van der Waals surface area (Å²) >= 11 is 0. The number of alkyl halides is 2. The monoisotopic (exact) mass is 584 g/mol. The van der Waals surface area contributed by atoms with Crippen molar-refractivity contribution >= 4 is 30.7 Å². The van der Waals surface area contributed by atoms with Gasteiger partial charge in [-0.05, 0) is 39.8 Å². The van der Waals surface area contributed by atoms with Crippen molar-refractivity contribution < 1.29 is 41.8 Å². The van der Waals surface area contributed by atoms with Gasteiger partial charge in [0.1, 0.15) is 24.2 Å². The number of nitrogens with zero attached hydrogens (tertiary/aromatic N) is 4. The molecule has 13 nitrogen and oxygen atoms in total. The Morgan fingerprint density at radius 3 is 2.65 bits per heavy atom. The van der Waals surface area contributed by atoms with Gasteiger partial charge in [-0.25, -0.2) is 28.3 Å². The molecule has 0 bridgehead atoms. The molecule has 0 amide bonds. The Morgan fingerprint density at radius 1 is 1.30 bits per heavy atom. The number of aliphatic hydroxyl groups excluding tert-OH is 1. The van der Waals surface area contributed by atoms with Gasteiger partial charge in [0, 0.05) is 7.05 Å². The van der Waals surface area contributed by atoms with Crippen molar-refractivity contribution in [1.29, 1.82) is 0 Å². The Labute approximate surface area is 228 Å². The normalized spacial score (nSPS) is 26.8. The van der Waals surface area contributed by atoms with Gasteiger partial charge in [0.05, 0.1) is 12.9 Å². The Morgan fingerprint density at radius 2 is 2.00 bits per heavy atom. The van der Waals surface area contributed by atoms with Crippen LogP contribution in [0.4, 0.5) is 14.6 Å². The first-order valence-electron chi connectivity index (χ1n) is 12.4. The number of aryl methyl sites for hydroxylation is 1. The minimum atomic E-state index is -4.53. The van der Waals surface area contributed by atoms with Crippen molar-refractivity contribution in [3.63, 3.8) is 0 Å². The lowest BCUT2D eigenvalue weighted by Gasteiger charge is -2.28. The van der Waals surface area contributed by atoms with Crippen LogP contribution in [0.2, 0.25) is 0 Å².